The van der Waals surface area contributed by atoms with Crippen LogP contribution in [-0.2, 0) is 6.04 Å². The summed E-state index contributed by atoms with van der Waals surface area (Å²) in [4.78, 5) is 0. The Morgan fingerprint density at radius 1 is 1.55 bits per heavy atom. The Bertz CT molecular complexity index is 268. The van der Waals surface area contributed by atoms with E-state index in [-0.39, 0.29) is 5.82 Å². The van der Waals surface area contributed by atoms with Gasteiger partial charge in [-0.05, 0) is 29.3 Å². The molecule has 0 fully saturated rings. The second-order valence-electron chi connectivity index (χ2n) is 2.22. The first-order chi connectivity index (χ1) is 5.27. The SMILES string of the molecule is C=Cc1cc(F)ccc1C[Si]. The standard InChI is InChI=1S/C9H8FSi/c1-2-7-5-9(10)4-3-8(7)6-11/h2-5H,1,6H2. The lowest BCUT2D eigenvalue weighted by Gasteiger charge is -2.01. The second kappa shape index (κ2) is 3.48. The minimum atomic E-state index is -0.219. The van der Waals surface area contributed by atoms with Gasteiger partial charge >= 0.3 is 0 Å². The van der Waals surface area contributed by atoms with Crippen LogP contribution in [0.4, 0.5) is 4.39 Å². The minimum Gasteiger partial charge on any atom is -0.207 e. The molecule has 0 saturated heterocycles. The van der Waals surface area contributed by atoms with Crippen LogP contribution < -0.4 is 0 Å². The molecule has 55 valence electrons. The largest absolute Gasteiger partial charge is 0.207 e. The molecule has 0 nitrogen and oxygen atoms in total. The molecule has 0 bridgehead atoms. The van der Waals surface area contributed by atoms with Crippen molar-refractivity contribution in [1.82, 2.24) is 0 Å². The molecule has 2 heteroatoms. The average molecular weight is 163 g/mol. The molecule has 0 amide bonds. The van der Waals surface area contributed by atoms with E-state index in [1.165, 1.54) is 12.1 Å². The van der Waals surface area contributed by atoms with Gasteiger partial charge in [0.25, 0.3) is 0 Å². The molecule has 11 heavy (non-hydrogen) atoms. The number of halogens is 1. The monoisotopic (exact) mass is 163 g/mol. The molecular weight excluding hydrogens is 155 g/mol. The lowest BCUT2D eigenvalue weighted by molar-refractivity contribution is 0.627. The van der Waals surface area contributed by atoms with Gasteiger partial charge in [0.05, 0.1) is 0 Å². The van der Waals surface area contributed by atoms with Gasteiger partial charge in [-0.15, -0.1) is 0 Å². The van der Waals surface area contributed by atoms with Crippen LogP contribution in [0.2, 0.25) is 0 Å². The van der Waals surface area contributed by atoms with Crippen molar-refractivity contribution in [3.05, 3.63) is 41.7 Å². The van der Waals surface area contributed by atoms with Crippen molar-refractivity contribution in [1.29, 1.82) is 0 Å². The fraction of sp³-hybridized carbons (Fsp3) is 0.111. The van der Waals surface area contributed by atoms with Crippen LogP contribution in [0.1, 0.15) is 11.1 Å². The molecule has 1 aromatic rings. The van der Waals surface area contributed by atoms with Crippen LogP contribution in [0.15, 0.2) is 24.8 Å². The fourth-order valence-electron chi connectivity index (χ4n) is 0.917. The topological polar surface area (TPSA) is 0 Å². The highest BCUT2D eigenvalue weighted by molar-refractivity contribution is 6.08. The molecule has 0 saturated carbocycles. The molecule has 0 N–H and O–H groups in total. The summed E-state index contributed by atoms with van der Waals surface area (Å²) < 4.78 is 12.6. The van der Waals surface area contributed by atoms with Crippen LogP contribution in [0.25, 0.3) is 6.08 Å². The average Bonchev–Trinajstić information content (AvgIpc) is 2.04. The van der Waals surface area contributed by atoms with Gasteiger partial charge in [0.2, 0.25) is 0 Å². The summed E-state index contributed by atoms with van der Waals surface area (Å²) >= 11 is 0. The third-order valence-corrected chi connectivity index (χ3v) is 1.90. The van der Waals surface area contributed by atoms with Gasteiger partial charge in [0.15, 0.2) is 0 Å². The van der Waals surface area contributed by atoms with Crippen molar-refractivity contribution >= 4 is 16.3 Å². The molecule has 1 rings (SSSR count). The van der Waals surface area contributed by atoms with Gasteiger partial charge in [-0.2, -0.15) is 0 Å². The Labute approximate surface area is 69.2 Å². The zero-order valence-electron chi connectivity index (χ0n) is 6.10. The Hall–Kier alpha value is -0.893. The van der Waals surface area contributed by atoms with Crippen molar-refractivity contribution in [2.45, 2.75) is 6.04 Å². The summed E-state index contributed by atoms with van der Waals surface area (Å²) in [5.41, 5.74) is 1.90. The normalized spacial score (nSPS) is 9.64. The van der Waals surface area contributed by atoms with Gasteiger partial charge in [0, 0.05) is 10.2 Å². The maximum Gasteiger partial charge on any atom is 0.123 e. The van der Waals surface area contributed by atoms with Gasteiger partial charge in [-0.3, -0.25) is 0 Å². The Morgan fingerprint density at radius 2 is 2.27 bits per heavy atom. The molecule has 1 aromatic carbocycles. The van der Waals surface area contributed by atoms with E-state index >= 15 is 0 Å². The lowest BCUT2D eigenvalue weighted by Crippen LogP contribution is -1.89. The van der Waals surface area contributed by atoms with Crippen molar-refractivity contribution in [2.75, 3.05) is 0 Å². The third kappa shape index (κ3) is 1.77. The van der Waals surface area contributed by atoms with E-state index in [1.807, 2.05) is 0 Å². The first kappa shape index (κ1) is 8.21. The van der Waals surface area contributed by atoms with Crippen LogP contribution in [0, 0.1) is 5.82 Å². The summed E-state index contributed by atoms with van der Waals surface area (Å²) in [7, 11) is 3.35. The molecule has 0 aliphatic rings. The van der Waals surface area contributed by atoms with Crippen LogP contribution in [0.3, 0.4) is 0 Å². The van der Waals surface area contributed by atoms with Crippen LogP contribution in [-0.4, -0.2) is 10.2 Å². The number of hydrogen-bond donors (Lipinski definition) is 0. The van der Waals surface area contributed by atoms with E-state index in [1.54, 1.807) is 12.1 Å². The fourth-order valence-corrected chi connectivity index (χ4v) is 1.24. The number of hydrogen-bond acceptors (Lipinski definition) is 0. The van der Waals surface area contributed by atoms with E-state index in [0.717, 1.165) is 17.2 Å². The third-order valence-electron chi connectivity index (χ3n) is 1.52. The molecule has 0 aliphatic carbocycles. The molecule has 0 atom stereocenters. The number of benzene rings is 1. The highest BCUT2D eigenvalue weighted by atomic mass is 28.1. The molecule has 0 unspecified atom stereocenters. The first-order valence-corrected chi connectivity index (χ1v) is 4.04. The van der Waals surface area contributed by atoms with Gasteiger partial charge < -0.3 is 0 Å². The van der Waals surface area contributed by atoms with E-state index in [9.17, 15) is 4.39 Å². The van der Waals surface area contributed by atoms with Gasteiger partial charge in [-0.25, -0.2) is 4.39 Å². The van der Waals surface area contributed by atoms with E-state index in [4.69, 9.17) is 0 Å². The smallest absolute Gasteiger partial charge is 0.123 e. The van der Waals surface area contributed by atoms with Crippen LogP contribution >= 0.6 is 0 Å². The van der Waals surface area contributed by atoms with E-state index < -0.39 is 0 Å². The van der Waals surface area contributed by atoms with Crippen LogP contribution in [0.5, 0.6) is 0 Å². The summed E-state index contributed by atoms with van der Waals surface area (Å²) in [6.45, 7) is 3.59. The summed E-state index contributed by atoms with van der Waals surface area (Å²) in [5, 5.41) is 0. The Morgan fingerprint density at radius 3 is 2.82 bits per heavy atom. The maximum atomic E-state index is 12.6. The molecule has 0 spiro atoms. The van der Waals surface area contributed by atoms with Crippen molar-refractivity contribution in [3.63, 3.8) is 0 Å². The van der Waals surface area contributed by atoms with E-state index in [0.29, 0.717) is 0 Å². The second-order valence-corrected chi connectivity index (χ2v) is 2.58. The maximum absolute atomic E-state index is 12.6. The molecule has 0 heterocycles. The first-order valence-electron chi connectivity index (χ1n) is 3.33. The molecule has 0 aromatic heterocycles. The lowest BCUT2D eigenvalue weighted by atomic mass is 10.1. The molecule has 0 aliphatic heterocycles. The summed E-state index contributed by atoms with van der Waals surface area (Å²) in [6.07, 6.45) is 1.65. The van der Waals surface area contributed by atoms with Crippen molar-refractivity contribution < 1.29 is 4.39 Å². The van der Waals surface area contributed by atoms with Gasteiger partial charge in [-0.1, -0.05) is 18.7 Å². The quantitative estimate of drug-likeness (QED) is 0.586. The Balaban J connectivity index is 3.16. The van der Waals surface area contributed by atoms with Crippen molar-refractivity contribution in [2.24, 2.45) is 0 Å². The Kier molecular flexibility index (Phi) is 2.60. The van der Waals surface area contributed by atoms with E-state index in [2.05, 4.69) is 16.8 Å². The predicted molar refractivity (Wildman–Crippen MR) is 45.9 cm³/mol. The van der Waals surface area contributed by atoms with Crippen molar-refractivity contribution in [3.8, 4) is 0 Å². The van der Waals surface area contributed by atoms with Gasteiger partial charge in [0.1, 0.15) is 5.82 Å². The summed E-state index contributed by atoms with van der Waals surface area (Å²) in [6, 6.07) is 5.39. The highest BCUT2D eigenvalue weighted by Crippen LogP contribution is 2.11. The molecular formula is C9H8FSi. The number of rotatable bonds is 2. The zero-order valence-corrected chi connectivity index (χ0v) is 7.10. The molecule has 3 radical (unpaired) electrons. The summed E-state index contributed by atoms with van der Waals surface area (Å²) in [5.74, 6) is -0.219. The minimum absolute atomic E-state index is 0.219. The predicted octanol–water partition coefficient (Wildman–Crippen LogP) is 2.14. The zero-order chi connectivity index (χ0) is 8.27. The highest BCUT2D eigenvalue weighted by Gasteiger charge is 1.97.